The summed E-state index contributed by atoms with van der Waals surface area (Å²) in [5.74, 6) is -0.392. The summed E-state index contributed by atoms with van der Waals surface area (Å²) in [4.78, 5) is 101. The lowest BCUT2D eigenvalue weighted by Gasteiger charge is -2.47. The van der Waals surface area contributed by atoms with E-state index in [0.29, 0.717) is 18.5 Å². The van der Waals surface area contributed by atoms with Crippen molar-refractivity contribution in [2.45, 2.75) is 83.0 Å². The van der Waals surface area contributed by atoms with Crippen LogP contribution in [0.5, 0.6) is 0 Å². The van der Waals surface area contributed by atoms with Gasteiger partial charge in [-0.2, -0.15) is 9.29 Å². The number of aliphatic hydroxyl groups excluding tert-OH is 1. The zero-order valence-electron chi connectivity index (χ0n) is 33.4. The van der Waals surface area contributed by atoms with Crippen molar-refractivity contribution in [3.05, 3.63) is 56.4 Å². The van der Waals surface area contributed by atoms with Crippen LogP contribution in [0.1, 0.15) is 63.3 Å². The molecule has 2 aliphatic heterocycles. The topological polar surface area (TPSA) is 363 Å². The number of nitrogens with one attached hydrogen (secondary N) is 3. The van der Waals surface area contributed by atoms with Gasteiger partial charge in [0.05, 0.1) is 12.9 Å². The number of phosphoric ester groups is 1. The molecule has 2 amide bonds. The van der Waals surface area contributed by atoms with Gasteiger partial charge in [-0.1, -0.05) is 6.92 Å². The molecule has 0 spiro atoms. The number of aliphatic hydroxyl groups is 1. The molecule has 25 nitrogen and oxygen atoms in total. The molecule has 2 aliphatic rings. The summed E-state index contributed by atoms with van der Waals surface area (Å²) in [5, 5.41) is 17.2. The maximum absolute atomic E-state index is 13.0. The molecule has 0 saturated carbocycles. The molecule has 1 saturated heterocycles. The second kappa shape index (κ2) is 18.2. The molecule has 3 aromatic heterocycles. The van der Waals surface area contributed by atoms with Gasteiger partial charge in [0.2, 0.25) is 11.9 Å². The molecule has 6 rings (SSSR count). The van der Waals surface area contributed by atoms with Crippen molar-refractivity contribution in [1.29, 1.82) is 0 Å². The predicted molar refractivity (Wildman–Crippen MR) is 221 cm³/mol. The Balaban J connectivity index is 1.05. The average molecular weight is 951 g/mol. The van der Waals surface area contributed by atoms with Crippen LogP contribution in [-0.4, -0.2) is 106 Å². The van der Waals surface area contributed by atoms with Crippen molar-refractivity contribution in [2.24, 2.45) is 0 Å². The van der Waals surface area contributed by atoms with Crippen LogP contribution in [0, 0.1) is 6.92 Å². The number of amides is 2. The number of nitrogens with two attached hydrogens (primary N) is 1. The fourth-order valence-corrected chi connectivity index (χ4v) is 11.3. The van der Waals surface area contributed by atoms with Crippen LogP contribution in [0.2, 0.25) is 0 Å². The molecule has 0 bridgehead atoms. The summed E-state index contributed by atoms with van der Waals surface area (Å²) in [7, 11) is -11.2. The molecule has 3 unspecified atom stereocenters. The molecule has 0 aliphatic carbocycles. The van der Waals surface area contributed by atoms with E-state index in [9.17, 15) is 43.2 Å². The minimum atomic E-state index is -5.67. The number of alkyl carbamates (subject to hydrolysis) is 1. The number of anilines is 2. The normalized spacial score (nSPS) is 23.1. The van der Waals surface area contributed by atoms with Gasteiger partial charge < -0.3 is 59.8 Å². The molecule has 340 valence electrons. The number of aryl methyl sites for hydroxylation is 1. The zero-order valence-corrected chi connectivity index (χ0v) is 36.9. The van der Waals surface area contributed by atoms with Crippen molar-refractivity contribution in [3.63, 3.8) is 0 Å². The molecule has 4 aromatic rings. The molecule has 1 fully saturated rings. The summed E-state index contributed by atoms with van der Waals surface area (Å²) < 4.78 is 54.7. The van der Waals surface area contributed by atoms with Gasteiger partial charge in [0.25, 0.3) is 5.56 Å². The van der Waals surface area contributed by atoms with Crippen molar-refractivity contribution in [3.8, 4) is 0 Å². The Morgan fingerprint density at radius 1 is 1.10 bits per heavy atom. The molecule has 62 heavy (non-hydrogen) atoms. The lowest BCUT2D eigenvalue weighted by atomic mass is 9.79. The highest BCUT2D eigenvalue weighted by Gasteiger charge is 2.50. The van der Waals surface area contributed by atoms with Crippen molar-refractivity contribution < 1.29 is 70.4 Å². The summed E-state index contributed by atoms with van der Waals surface area (Å²) in [6.07, 6.45) is -5.34. The fraction of sp³-hybridized carbons (Fsp3) is 0.515. The van der Waals surface area contributed by atoms with Crippen molar-refractivity contribution in [1.82, 2.24) is 30.2 Å². The van der Waals surface area contributed by atoms with Gasteiger partial charge >= 0.3 is 34.1 Å². The van der Waals surface area contributed by atoms with E-state index in [1.807, 2.05) is 13.0 Å². The van der Waals surface area contributed by atoms with E-state index in [1.54, 1.807) is 0 Å². The molecule has 10 N–H and O–H groups in total. The first-order chi connectivity index (χ1) is 28.8. The maximum Gasteiger partial charge on any atom is 0.488 e. The Morgan fingerprint density at radius 3 is 2.52 bits per heavy atom. The highest BCUT2D eigenvalue weighted by molar-refractivity contribution is 8.08. The number of imidazole rings is 1. The largest absolute Gasteiger partial charge is 0.488 e. The Morgan fingerprint density at radius 2 is 1.81 bits per heavy atom. The lowest BCUT2D eigenvalue weighted by molar-refractivity contribution is -0.121. The van der Waals surface area contributed by atoms with Crippen LogP contribution in [0.4, 0.5) is 16.4 Å². The number of aromatic amines is 1. The monoisotopic (exact) mass is 950 g/mol. The van der Waals surface area contributed by atoms with Gasteiger partial charge in [-0.15, -0.1) is 0 Å². The number of phosphoric acid groups is 2. The number of aromatic nitrogens is 4. The van der Waals surface area contributed by atoms with Crippen LogP contribution in [0.15, 0.2) is 38.5 Å². The number of rotatable bonds is 16. The van der Waals surface area contributed by atoms with E-state index < -0.39 is 70.8 Å². The van der Waals surface area contributed by atoms with Crippen LogP contribution in [0.3, 0.4) is 0 Å². The third-order valence-corrected chi connectivity index (χ3v) is 14.5. The fourth-order valence-electron chi connectivity index (χ4n) is 7.54. The van der Waals surface area contributed by atoms with Crippen LogP contribution >= 0.6 is 22.4 Å². The lowest BCUT2D eigenvalue weighted by Crippen LogP contribution is -2.49. The average Bonchev–Trinajstić information content (AvgIpc) is 3.68. The molecule has 1 aromatic carbocycles. The first-order valence-electron chi connectivity index (χ1n) is 18.7. The molecule has 7 atom stereocenters. The van der Waals surface area contributed by atoms with E-state index in [-0.39, 0.29) is 54.0 Å². The van der Waals surface area contributed by atoms with Gasteiger partial charge in [0, 0.05) is 54.8 Å². The number of nitrogens with zero attached hydrogens (tertiary/aromatic N) is 4. The number of H-pyrrole nitrogens is 1. The Hall–Kier alpha value is -4.13. The number of hydrogen-bond donors (Lipinski definition) is 9. The summed E-state index contributed by atoms with van der Waals surface area (Å²) in [5.41, 5.74) is 7.22. The zero-order chi connectivity index (χ0) is 45.5. The van der Waals surface area contributed by atoms with Gasteiger partial charge in [0.15, 0.2) is 23.5 Å². The minimum Gasteiger partial charge on any atom is -0.439 e. The number of hydrogen-bond acceptors (Lipinski definition) is 18. The second-order valence-electron chi connectivity index (χ2n) is 15.2. The summed E-state index contributed by atoms with van der Waals surface area (Å²) in [6, 6.07) is 5.43. The molecular weight excluding hydrogens is 905 g/mol. The Bertz CT molecular complexity index is 2640. The van der Waals surface area contributed by atoms with Gasteiger partial charge in [-0.05, 0) is 68.5 Å². The van der Waals surface area contributed by atoms with Gasteiger partial charge in [-0.3, -0.25) is 23.7 Å². The van der Waals surface area contributed by atoms with Crippen LogP contribution in [-0.2, 0) is 48.4 Å². The minimum absolute atomic E-state index is 0.0268. The van der Waals surface area contributed by atoms with Crippen molar-refractivity contribution in [2.75, 3.05) is 36.9 Å². The highest BCUT2D eigenvalue weighted by Crippen LogP contribution is 2.66. The first kappa shape index (κ1) is 47.4. The SMILES string of the molecule is Cc1cc(=O)oc2cc3c(cc12)C(C)CC(C)(C)N3CCCC(=O)NCCNC(=O)O[C@@H]1[C@H](O)[C@@H](COP(=O)(O)OP(=O)(O)OP(O)(O)=S)O[C@H]1n1cnc2c(=O)[nH]c(N)nc21. The first-order valence-corrected chi connectivity index (χ1v) is 24.4. The molecule has 5 heterocycles. The van der Waals surface area contributed by atoms with E-state index in [0.717, 1.165) is 39.5 Å². The number of carbonyl (C=O) groups is 2. The smallest absolute Gasteiger partial charge is 0.439 e. The maximum atomic E-state index is 13.0. The Labute approximate surface area is 356 Å². The summed E-state index contributed by atoms with van der Waals surface area (Å²) in [6.45, 7) is 2.70. The van der Waals surface area contributed by atoms with E-state index in [2.05, 4.69) is 82.3 Å². The van der Waals surface area contributed by atoms with Gasteiger partial charge in [-0.25, -0.2) is 28.0 Å². The molecule has 0 radical (unpaired) electrons. The van der Waals surface area contributed by atoms with Gasteiger partial charge in [0.1, 0.15) is 17.8 Å². The number of fused-ring (bicyclic) bond motifs is 3. The molecule has 29 heteroatoms. The summed E-state index contributed by atoms with van der Waals surface area (Å²) >= 11 is 4.06. The Kier molecular flexibility index (Phi) is 13.9. The van der Waals surface area contributed by atoms with E-state index >= 15 is 0 Å². The highest BCUT2D eigenvalue weighted by atomic mass is 32.5. The standard InChI is InChI=1S/C33H45N8O17P3S/c1-16-10-24(43)54-21-12-20-18(11-19(16)21)17(2)13-33(3,4)41(20)9-5-6-23(42)35-7-8-36-32(46)56-27-26(44)22(14-53-59(47,48)57-60(49,50)58-61(51,52)62)55-30(27)40-15-37-25-28(40)38-31(34)39-29(25)45/h10-12,15,17,22,26-27,30,44H,5-9,13-14H2,1-4H3,(H,35,42)(H,36,46)(H,47,48)(H,49,50)(H2,51,52,62)(H3,34,38,39,45)/t17?,22-,26-,27-,30-/m1/s1. The van der Waals surface area contributed by atoms with E-state index in [4.69, 9.17) is 29.4 Å². The number of benzene rings is 1. The van der Waals surface area contributed by atoms with Crippen molar-refractivity contribution >= 4 is 79.9 Å². The number of nitrogen functional groups attached to an aromatic ring is 1. The third-order valence-electron chi connectivity index (χ3n) is 10.1. The third kappa shape index (κ3) is 11.1. The quantitative estimate of drug-likeness (QED) is 0.0438. The van der Waals surface area contributed by atoms with Crippen LogP contribution < -0.4 is 32.5 Å². The van der Waals surface area contributed by atoms with E-state index in [1.165, 1.54) is 6.07 Å². The molecular formula is C33H45N8O17P3S. The number of ether oxygens (including phenoxy) is 2. The number of carbonyl (C=O) groups excluding carboxylic acids is 2. The van der Waals surface area contributed by atoms with Crippen LogP contribution in [0.25, 0.3) is 22.1 Å². The second-order valence-corrected chi connectivity index (χ2v) is 21.0. The predicted octanol–water partition coefficient (Wildman–Crippen LogP) is 1.62.